The van der Waals surface area contributed by atoms with E-state index < -0.39 is 0 Å². The molecule has 5 nitrogen and oxygen atoms in total. The van der Waals surface area contributed by atoms with Gasteiger partial charge >= 0.3 is 0 Å². The highest BCUT2D eigenvalue weighted by molar-refractivity contribution is 9.10. The molecule has 2 N–H and O–H groups in total. The summed E-state index contributed by atoms with van der Waals surface area (Å²) >= 11 is 3.44. The number of benzene rings is 1. The van der Waals surface area contributed by atoms with Gasteiger partial charge in [0.2, 0.25) is 5.91 Å². The van der Waals surface area contributed by atoms with E-state index in [1.165, 1.54) is 0 Å². The van der Waals surface area contributed by atoms with Crippen LogP contribution in [0.5, 0.6) is 0 Å². The molecule has 1 aliphatic heterocycles. The summed E-state index contributed by atoms with van der Waals surface area (Å²) < 4.78 is 2.90. The number of amides is 1. The van der Waals surface area contributed by atoms with E-state index in [0.29, 0.717) is 6.54 Å². The molecule has 2 aliphatic rings. The first kappa shape index (κ1) is 18.4. The number of hydrogen-bond donors (Lipinski definition) is 2. The lowest BCUT2D eigenvalue weighted by atomic mass is 9.92. The minimum absolute atomic E-state index is 0. The Morgan fingerprint density at radius 1 is 1.28 bits per heavy atom. The monoisotopic (exact) mass is 424 g/mol. The summed E-state index contributed by atoms with van der Waals surface area (Å²) in [5.74, 6) is 1.09. The standard InChI is InChI=1S/C18H21BrN4O.ClH/c19-14-3-1-13(2-4-14)12-23-16(5-8-21-23)22-17(24)15-11-18(15)6-9-20-10-7-18;/h1-5,8,15,20H,6-7,9-12H2,(H,22,24);1H. The molecule has 1 unspecified atom stereocenters. The van der Waals surface area contributed by atoms with Gasteiger partial charge in [-0.2, -0.15) is 5.10 Å². The van der Waals surface area contributed by atoms with Gasteiger partial charge in [-0.1, -0.05) is 28.1 Å². The van der Waals surface area contributed by atoms with Crippen molar-refractivity contribution in [1.82, 2.24) is 15.1 Å². The molecule has 1 saturated heterocycles. The van der Waals surface area contributed by atoms with Crippen LogP contribution in [0.3, 0.4) is 0 Å². The summed E-state index contributed by atoms with van der Waals surface area (Å²) in [6, 6.07) is 10.0. The Kier molecular flexibility index (Phi) is 5.51. The average Bonchev–Trinajstić information content (AvgIpc) is 3.10. The van der Waals surface area contributed by atoms with Gasteiger partial charge in [0.15, 0.2) is 0 Å². The van der Waals surface area contributed by atoms with Gasteiger partial charge in [0, 0.05) is 16.5 Å². The first-order valence-corrected chi connectivity index (χ1v) is 9.23. The molecule has 2 aromatic rings. The van der Waals surface area contributed by atoms with Crippen LogP contribution in [0.1, 0.15) is 24.8 Å². The molecule has 0 bridgehead atoms. The number of aromatic nitrogens is 2. The zero-order valence-corrected chi connectivity index (χ0v) is 16.3. The van der Waals surface area contributed by atoms with E-state index in [9.17, 15) is 4.79 Å². The van der Waals surface area contributed by atoms with Gasteiger partial charge < -0.3 is 10.6 Å². The van der Waals surface area contributed by atoms with Gasteiger partial charge in [0.25, 0.3) is 0 Å². The smallest absolute Gasteiger partial charge is 0.229 e. The number of carbonyl (C=O) groups is 1. The van der Waals surface area contributed by atoms with Crippen molar-refractivity contribution in [2.75, 3.05) is 18.4 Å². The Labute approximate surface area is 162 Å². The summed E-state index contributed by atoms with van der Waals surface area (Å²) in [5.41, 5.74) is 1.41. The van der Waals surface area contributed by atoms with E-state index in [2.05, 4.69) is 43.8 Å². The maximum Gasteiger partial charge on any atom is 0.229 e. The van der Waals surface area contributed by atoms with Crippen LogP contribution in [0.25, 0.3) is 0 Å². The van der Waals surface area contributed by atoms with Gasteiger partial charge in [-0.3, -0.25) is 4.79 Å². The van der Waals surface area contributed by atoms with Gasteiger partial charge in [0.1, 0.15) is 5.82 Å². The molecular weight excluding hydrogens is 404 g/mol. The number of hydrogen-bond acceptors (Lipinski definition) is 3. The van der Waals surface area contributed by atoms with Crippen LogP contribution in [0.4, 0.5) is 5.82 Å². The van der Waals surface area contributed by atoms with Crippen LogP contribution < -0.4 is 10.6 Å². The third-order valence-corrected chi connectivity index (χ3v) is 5.85. The summed E-state index contributed by atoms with van der Waals surface area (Å²) in [5, 5.41) is 10.8. The summed E-state index contributed by atoms with van der Waals surface area (Å²) in [4.78, 5) is 12.6. The number of anilines is 1. The van der Waals surface area contributed by atoms with E-state index in [1.807, 2.05) is 22.9 Å². The molecule has 1 aliphatic carbocycles. The molecular formula is C18H22BrClN4O. The van der Waals surface area contributed by atoms with Crippen LogP contribution in [0.15, 0.2) is 41.0 Å². The quantitative estimate of drug-likeness (QED) is 0.789. The van der Waals surface area contributed by atoms with Crippen LogP contribution in [-0.2, 0) is 11.3 Å². The highest BCUT2D eigenvalue weighted by Gasteiger charge is 2.57. The minimum atomic E-state index is 0. The van der Waals surface area contributed by atoms with Crippen molar-refractivity contribution in [3.8, 4) is 0 Å². The molecule has 1 saturated carbocycles. The Hall–Kier alpha value is -1.37. The predicted molar refractivity (Wildman–Crippen MR) is 104 cm³/mol. The van der Waals surface area contributed by atoms with E-state index in [4.69, 9.17) is 0 Å². The molecule has 2 heterocycles. The molecule has 1 aromatic carbocycles. The second kappa shape index (κ2) is 7.48. The summed E-state index contributed by atoms with van der Waals surface area (Å²) in [6.45, 7) is 2.71. The van der Waals surface area contributed by atoms with Crippen LogP contribution >= 0.6 is 28.3 Å². The van der Waals surface area contributed by atoms with Crippen LogP contribution in [-0.4, -0.2) is 28.8 Å². The van der Waals surface area contributed by atoms with E-state index in [1.54, 1.807) is 6.20 Å². The first-order valence-electron chi connectivity index (χ1n) is 8.44. The lowest BCUT2D eigenvalue weighted by Crippen LogP contribution is -2.31. The zero-order valence-electron chi connectivity index (χ0n) is 13.9. The Morgan fingerprint density at radius 2 is 2.00 bits per heavy atom. The fourth-order valence-corrected chi connectivity index (χ4v) is 4.00. The molecule has 134 valence electrons. The van der Waals surface area contributed by atoms with E-state index >= 15 is 0 Å². The van der Waals surface area contributed by atoms with E-state index in [0.717, 1.165) is 48.2 Å². The molecule has 0 radical (unpaired) electrons. The first-order chi connectivity index (χ1) is 11.7. The normalized spacial score (nSPS) is 20.8. The molecule has 25 heavy (non-hydrogen) atoms. The number of nitrogens with zero attached hydrogens (tertiary/aromatic N) is 2. The van der Waals surface area contributed by atoms with Crippen molar-refractivity contribution in [1.29, 1.82) is 0 Å². The number of halogens is 2. The summed E-state index contributed by atoms with van der Waals surface area (Å²) in [7, 11) is 0. The lowest BCUT2D eigenvalue weighted by molar-refractivity contribution is -0.118. The highest BCUT2D eigenvalue weighted by Crippen LogP contribution is 2.58. The van der Waals surface area contributed by atoms with Crippen molar-refractivity contribution >= 4 is 40.1 Å². The van der Waals surface area contributed by atoms with Gasteiger partial charge in [-0.05, 0) is 55.5 Å². The highest BCUT2D eigenvalue weighted by atomic mass is 79.9. The number of carbonyl (C=O) groups excluding carboxylic acids is 1. The second-order valence-electron chi connectivity index (χ2n) is 6.86. The fraction of sp³-hybridized carbons (Fsp3) is 0.444. The molecule has 2 fully saturated rings. The van der Waals surface area contributed by atoms with E-state index in [-0.39, 0.29) is 29.6 Å². The molecule has 7 heteroatoms. The Morgan fingerprint density at radius 3 is 2.72 bits per heavy atom. The van der Waals surface area contributed by atoms with Crippen LogP contribution in [0, 0.1) is 11.3 Å². The third kappa shape index (κ3) is 3.91. The van der Waals surface area contributed by atoms with Crippen molar-refractivity contribution in [3.05, 3.63) is 46.6 Å². The summed E-state index contributed by atoms with van der Waals surface area (Å²) in [6.07, 6.45) is 5.00. The Balaban J connectivity index is 0.00000182. The molecule has 1 spiro atoms. The lowest BCUT2D eigenvalue weighted by Gasteiger charge is -2.23. The maximum absolute atomic E-state index is 12.6. The molecule has 1 atom stereocenters. The Bertz CT molecular complexity index is 740. The van der Waals surface area contributed by atoms with Crippen LogP contribution in [0.2, 0.25) is 0 Å². The van der Waals surface area contributed by atoms with Gasteiger partial charge in [-0.15, -0.1) is 12.4 Å². The van der Waals surface area contributed by atoms with Crippen molar-refractivity contribution in [2.24, 2.45) is 11.3 Å². The molecule has 4 rings (SSSR count). The number of nitrogens with one attached hydrogen (secondary N) is 2. The van der Waals surface area contributed by atoms with Crippen molar-refractivity contribution < 1.29 is 4.79 Å². The van der Waals surface area contributed by atoms with Gasteiger partial charge in [-0.25, -0.2) is 4.68 Å². The predicted octanol–water partition coefficient (Wildman–Crippen LogP) is 3.44. The molecule has 1 aromatic heterocycles. The van der Waals surface area contributed by atoms with Crippen molar-refractivity contribution in [3.63, 3.8) is 0 Å². The number of piperidine rings is 1. The van der Waals surface area contributed by atoms with Crippen molar-refractivity contribution in [2.45, 2.75) is 25.8 Å². The second-order valence-corrected chi connectivity index (χ2v) is 7.77. The largest absolute Gasteiger partial charge is 0.317 e. The minimum Gasteiger partial charge on any atom is -0.317 e. The average molecular weight is 426 g/mol. The topological polar surface area (TPSA) is 59.0 Å². The third-order valence-electron chi connectivity index (χ3n) is 5.32. The number of rotatable bonds is 4. The molecule has 1 amide bonds. The van der Waals surface area contributed by atoms with Gasteiger partial charge in [0.05, 0.1) is 12.7 Å². The maximum atomic E-state index is 12.6. The fourth-order valence-electron chi connectivity index (χ4n) is 3.74. The SMILES string of the molecule is Cl.O=C(Nc1ccnn1Cc1ccc(Br)cc1)C1CC12CCNCC2. The zero-order chi connectivity index (χ0) is 16.6.